The van der Waals surface area contributed by atoms with Crippen molar-refractivity contribution >= 4 is 8.32 Å². The van der Waals surface area contributed by atoms with Crippen LogP contribution in [-0.2, 0) is 4.43 Å². The van der Waals surface area contributed by atoms with Crippen LogP contribution >= 0.6 is 0 Å². The Balaban J connectivity index is 0. The molecule has 4 heteroatoms. The van der Waals surface area contributed by atoms with Crippen LogP contribution in [0.1, 0.15) is 90.9 Å². The first-order valence-electron chi connectivity index (χ1n) is 10.7. The second-order valence-corrected chi connectivity index (χ2v) is 13.7. The van der Waals surface area contributed by atoms with Gasteiger partial charge in [0.05, 0.1) is 20.6 Å². The minimum Gasteiger partial charge on any atom is -1.00 e. The minimum absolute atomic E-state index is 0. The summed E-state index contributed by atoms with van der Waals surface area (Å²) in [5.41, 5.74) is 0. The maximum atomic E-state index is 6.27. The Hall–Kier alpha value is 0.617. The largest absolute Gasteiger partial charge is 1.00 e. The standard InChI is InChI=1S/C21H48NOSi.BrH/c1-8-9-10-11-12-13-14-15-16-17-18-19-20-22(3,4)21(2)23-24(5,6)7;/h21H,8-20H2,1-7H3;1H/q+1;/p-1. The summed E-state index contributed by atoms with van der Waals surface area (Å²) in [5.74, 6) is 0. The van der Waals surface area contributed by atoms with E-state index < -0.39 is 8.32 Å². The van der Waals surface area contributed by atoms with Crippen molar-refractivity contribution < 1.29 is 25.9 Å². The Kier molecular flexibility index (Phi) is 17.4. The smallest absolute Gasteiger partial charge is 0.191 e. The van der Waals surface area contributed by atoms with E-state index in [1.165, 1.54) is 83.6 Å². The number of nitrogens with zero attached hydrogens (tertiary/aromatic N) is 1. The van der Waals surface area contributed by atoms with Crippen LogP contribution in [-0.4, -0.2) is 39.7 Å². The van der Waals surface area contributed by atoms with Crippen molar-refractivity contribution in [2.75, 3.05) is 20.6 Å². The zero-order valence-corrected chi connectivity index (χ0v) is 21.1. The maximum Gasteiger partial charge on any atom is 0.191 e. The quantitative estimate of drug-likeness (QED) is 0.153. The summed E-state index contributed by atoms with van der Waals surface area (Å²) < 4.78 is 7.27. The summed E-state index contributed by atoms with van der Waals surface area (Å²) in [5, 5.41) is 0. The lowest BCUT2D eigenvalue weighted by Crippen LogP contribution is -3.00. The van der Waals surface area contributed by atoms with E-state index in [1.54, 1.807) is 0 Å². The van der Waals surface area contributed by atoms with Crippen LogP contribution in [0.3, 0.4) is 0 Å². The predicted octanol–water partition coefficient (Wildman–Crippen LogP) is 3.97. The van der Waals surface area contributed by atoms with Crippen molar-refractivity contribution in [3.05, 3.63) is 0 Å². The molecule has 1 unspecified atom stereocenters. The first-order chi connectivity index (χ1) is 11.2. The van der Waals surface area contributed by atoms with Crippen molar-refractivity contribution in [2.24, 2.45) is 0 Å². The van der Waals surface area contributed by atoms with Gasteiger partial charge in [-0.05, 0) is 32.5 Å². The average Bonchev–Trinajstić information content (AvgIpc) is 2.46. The minimum atomic E-state index is -1.43. The predicted molar refractivity (Wildman–Crippen MR) is 112 cm³/mol. The molecule has 0 saturated carbocycles. The van der Waals surface area contributed by atoms with Crippen LogP contribution in [0.25, 0.3) is 0 Å². The molecule has 2 nitrogen and oxygen atoms in total. The first-order valence-corrected chi connectivity index (χ1v) is 14.1. The third-order valence-corrected chi connectivity index (χ3v) is 6.14. The molecular formula is C21H48BrNOSi. The zero-order valence-electron chi connectivity index (χ0n) is 18.5. The van der Waals surface area contributed by atoms with Gasteiger partial charge in [0.1, 0.15) is 0 Å². The number of quaternary nitrogens is 1. The summed E-state index contributed by atoms with van der Waals surface area (Å²) >= 11 is 0. The molecule has 0 aromatic heterocycles. The van der Waals surface area contributed by atoms with Gasteiger partial charge in [-0.1, -0.05) is 71.1 Å². The van der Waals surface area contributed by atoms with Crippen LogP contribution < -0.4 is 17.0 Å². The van der Waals surface area contributed by atoms with Gasteiger partial charge >= 0.3 is 0 Å². The zero-order chi connectivity index (χ0) is 18.5. The van der Waals surface area contributed by atoms with Gasteiger partial charge in [-0.15, -0.1) is 0 Å². The van der Waals surface area contributed by atoms with Crippen molar-refractivity contribution in [2.45, 2.75) is 117 Å². The number of unbranched alkanes of at least 4 members (excludes halogenated alkanes) is 11. The second kappa shape index (κ2) is 15.7. The fraction of sp³-hybridized carbons (Fsp3) is 1.00. The molecule has 1 atom stereocenters. The van der Waals surface area contributed by atoms with Crippen LogP contribution in [0.2, 0.25) is 19.6 Å². The van der Waals surface area contributed by atoms with E-state index in [9.17, 15) is 0 Å². The monoisotopic (exact) mass is 437 g/mol. The summed E-state index contributed by atoms with van der Waals surface area (Å²) in [6, 6.07) is 0. The molecule has 0 radical (unpaired) electrons. The van der Waals surface area contributed by atoms with Crippen LogP contribution in [0.4, 0.5) is 0 Å². The molecule has 0 rings (SSSR count). The fourth-order valence-electron chi connectivity index (χ4n) is 3.20. The van der Waals surface area contributed by atoms with E-state index in [4.69, 9.17) is 4.43 Å². The molecule has 0 aliphatic rings. The van der Waals surface area contributed by atoms with Gasteiger partial charge in [0.2, 0.25) is 0 Å². The average molecular weight is 439 g/mol. The van der Waals surface area contributed by atoms with Gasteiger partial charge in [-0.25, -0.2) is 0 Å². The Morgan fingerprint density at radius 3 is 1.44 bits per heavy atom. The Morgan fingerprint density at radius 1 is 0.720 bits per heavy atom. The normalized spacial score (nSPS) is 13.6. The number of hydrogen-bond acceptors (Lipinski definition) is 1. The van der Waals surface area contributed by atoms with Crippen molar-refractivity contribution in [1.82, 2.24) is 0 Å². The number of rotatable bonds is 16. The summed E-state index contributed by atoms with van der Waals surface area (Å²) in [6.45, 7) is 12.6. The van der Waals surface area contributed by atoms with Crippen molar-refractivity contribution in [3.63, 3.8) is 0 Å². The second-order valence-electron chi connectivity index (χ2n) is 9.22. The molecule has 0 N–H and O–H groups in total. The van der Waals surface area contributed by atoms with E-state index in [-0.39, 0.29) is 17.0 Å². The van der Waals surface area contributed by atoms with Crippen LogP contribution in [0.15, 0.2) is 0 Å². The highest BCUT2D eigenvalue weighted by molar-refractivity contribution is 6.69. The molecule has 0 aromatic rings. The van der Waals surface area contributed by atoms with E-state index >= 15 is 0 Å². The molecule has 0 aromatic carbocycles. The number of hydrogen-bond donors (Lipinski definition) is 0. The van der Waals surface area contributed by atoms with Gasteiger partial charge in [-0.2, -0.15) is 0 Å². The molecule has 0 spiro atoms. The van der Waals surface area contributed by atoms with E-state index in [0.717, 1.165) is 4.48 Å². The van der Waals surface area contributed by atoms with Gasteiger partial charge in [0.15, 0.2) is 14.5 Å². The maximum absolute atomic E-state index is 6.27. The highest BCUT2D eigenvalue weighted by Crippen LogP contribution is 2.17. The summed E-state index contributed by atoms with van der Waals surface area (Å²) in [7, 11) is 3.22. The molecule has 0 amide bonds. The molecule has 154 valence electrons. The van der Waals surface area contributed by atoms with Gasteiger partial charge in [0.25, 0.3) is 0 Å². The topological polar surface area (TPSA) is 9.23 Å². The summed E-state index contributed by atoms with van der Waals surface area (Å²) in [4.78, 5) is 0. The van der Waals surface area contributed by atoms with Gasteiger partial charge in [0, 0.05) is 6.92 Å². The molecule has 0 aliphatic heterocycles. The lowest BCUT2D eigenvalue weighted by Gasteiger charge is -2.38. The lowest BCUT2D eigenvalue weighted by molar-refractivity contribution is -0.932. The third kappa shape index (κ3) is 17.8. The number of halogens is 1. The van der Waals surface area contributed by atoms with Crippen LogP contribution in [0, 0.1) is 0 Å². The highest BCUT2D eigenvalue weighted by Gasteiger charge is 2.29. The van der Waals surface area contributed by atoms with Gasteiger partial charge < -0.3 is 25.9 Å². The first kappa shape index (κ1) is 27.8. The van der Waals surface area contributed by atoms with E-state index in [0.29, 0.717) is 6.23 Å². The Labute approximate surface area is 171 Å². The van der Waals surface area contributed by atoms with E-state index in [1.807, 2.05) is 0 Å². The molecular weight excluding hydrogens is 390 g/mol. The summed E-state index contributed by atoms with van der Waals surface area (Å²) in [6.07, 6.45) is 17.4. The fourth-order valence-corrected chi connectivity index (χ4v) is 4.51. The SMILES string of the molecule is CCCCCCCCCCCCCC[N+](C)(C)C(C)O[Si](C)(C)C.[Br-]. The Morgan fingerprint density at radius 2 is 1.08 bits per heavy atom. The third-order valence-electron chi connectivity index (χ3n) is 5.10. The highest BCUT2D eigenvalue weighted by atomic mass is 79.9. The molecule has 25 heavy (non-hydrogen) atoms. The lowest BCUT2D eigenvalue weighted by atomic mass is 10.1. The molecule has 0 heterocycles. The Bertz CT molecular complexity index is 292. The molecule has 0 fully saturated rings. The molecule has 0 bridgehead atoms. The van der Waals surface area contributed by atoms with Crippen LogP contribution in [0.5, 0.6) is 0 Å². The van der Waals surface area contributed by atoms with Crippen molar-refractivity contribution in [3.8, 4) is 0 Å². The molecule has 0 saturated heterocycles. The van der Waals surface area contributed by atoms with E-state index in [2.05, 4.69) is 47.6 Å². The van der Waals surface area contributed by atoms with Crippen molar-refractivity contribution in [1.29, 1.82) is 0 Å². The molecule has 0 aliphatic carbocycles. The van der Waals surface area contributed by atoms with Gasteiger partial charge in [-0.3, -0.25) is 0 Å².